The van der Waals surface area contributed by atoms with Gasteiger partial charge in [0.15, 0.2) is 5.43 Å². The van der Waals surface area contributed by atoms with Gasteiger partial charge in [0, 0.05) is 18.3 Å². The van der Waals surface area contributed by atoms with Gasteiger partial charge in [-0.1, -0.05) is 6.07 Å². The number of ether oxygens (including phenoxy) is 2. The smallest absolute Gasteiger partial charge is 0.237 e. The molecule has 140 valence electrons. The van der Waals surface area contributed by atoms with Gasteiger partial charge in [-0.25, -0.2) is 13.3 Å². The average Bonchev–Trinajstić information content (AvgIpc) is 2.70. The Balaban J connectivity index is 1.79. The van der Waals surface area contributed by atoms with Crippen molar-refractivity contribution >= 4 is 5.52 Å². The van der Waals surface area contributed by atoms with E-state index in [9.17, 15) is 13.6 Å². The number of rotatable bonds is 4. The maximum absolute atomic E-state index is 14.2. The second kappa shape index (κ2) is 7.11. The molecule has 0 unspecified atom stereocenters. The highest BCUT2D eigenvalue weighted by molar-refractivity contribution is 5.80. The number of methoxy groups -OCH3 is 1. The number of hydrogen-bond acceptors (Lipinski definition) is 4. The van der Waals surface area contributed by atoms with Crippen LogP contribution in [0.4, 0.5) is 8.78 Å². The van der Waals surface area contributed by atoms with Crippen LogP contribution in [-0.4, -0.2) is 16.7 Å². The molecule has 5 nitrogen and oxygen atoms in total. The summed E-state index contributed by atoms with van der Waals surface area (Å²) in [5.41, 5.74) is -0.717. The van der Waals surface area contributed by atoms with Crippen LogP contribution < -0.4 is 14.9 Å². The Bertz CT molecular complexity index is 1200. The monoisotopic (exact) mass is 380 g/mol. The van der Waals surface area contributed by atoms with Crippen LogP contribution in [-0.2, 0) is 0 Å². The van der Waals surface area contributed by atoms with Crippen molar-refractivity contribution in [1.29, 1.82) is 0 Å². The number of nitrogens with zero attached hydrogens (tertiary/aromatic N) is 2. The molecule has 0 saturated carbocycles. The predicted molar refractivity (Wildman–Crippen MR) is 99.9 cm³/mol. The van der Waals surface area contributed by atoms with Crippen molar-refractivity contribution in [2.75, 3.05) is 7.11 Å². The third kappa shape index (κ3) is 3.18. The van der Waals surface area contributed by atoms with E-state index in [0.717, 1.165) is 12.1 Å². The zero-order chi connectivity index (χ0) is 19.7. The topological polar surface area (TPSA) is 52.8 Å². The van der Waals surface area contributed by atoms with Crippen LogP contribution in [0.3, 0.4) is 0 Å². The molecule has 4 rings (SSSR count). The van der Waals surface area contributed by atoms with Crippen LogP contribution in [0.2, 0.25) is 0 Å². The fraction of sp³-hybridized carbons (Fsp3) is 0.0476. The molecule has 4 aromatic rings. The Hall–Kier alpha value is -3.74. The number of fused-ring (bicyclic) bond motifs is 1. The largest absolute Gasteiger partial charge is 0.497 e. The van der Waals surface area contributed by atoms with Crippen molar-refractivity contribution in [2.45, 2.75) is 0 Å². The van der Waals surface area contributed by atoms with E-state index in [1.807, 2.05) is 0 Å². The van der Waals surface area contributed by atoms with Gasteiger partial charge >= 0.3 is 0 Å². The quantitative estimate of drug-likeness (QED) is 0.525. The van der Waals surface area contributed by atoms with Gasteiger partial charge in [-0.05, 0) is 42.5 Å². The van der Waals surface area contributed by atoms with Crippen molar-refractivity contribution in [1.82, 2.24) is 9.61 Å². The van der Waals surface area contributed by atoms with Crippen molar-refractivity contribution in [3.63, 3.8) is 0 Å². The normalized spacial score (nSPS) is 10.8. The standard InChI is InChI=1S/C21H14F2N2O3/c1-27-13-5-7-14(8-6-13)28-19-10-9-17-21(18(26)11-12-25(17)24-19)20-15(22)3-2-4-16(20)23/h2-12H,1H3. The molecule has 0 aliphatic heterocycles. The minimum absolute atomic E-state index is 0.0957. The minimum Gasteiger partial charge on any atom is -0.497 e. The summed E-state index contributed by atoms with van der Waals surface area (Å²) >= 11 is 0. The van der Waals surface area contributed by atoms with Gasteiger partial charge in [0.2, 0.25) is 5.88 Å². The molecule has 2 aromatic carbocycles. The molecule has 0 aliphatic rings. The van der Waals surface area contributed by atoms with E-state index in [2.05, 4.69) is 5.10 Å². The van der Waals surface area contributed by atoms with Gasteiger partial charge in [-0.2, -0.15) is 0 Å². The molecular formula is C21H14F2N2O3. The zero-order valence-corrected chi connectivity index (χ0v) is 14.7. The lowest BCUT2D eigenvalue weighted by Gasteiger charge is -2.11. The third-order valence-electron chi connectivity index (χ3n) is 4.20. The Kier molecular flexibility index (Phi) is 4.49. The maximum Gasteiger partial charge on any atom is 0.237 e. The summed E-state index contributed by atoms with van der Waals surface area (Å²) in [6.07, 6.45) is 1.42. The summed E-state index contributed by atoms with van der Waals surface area (Å²) in [4.78, 5) is 12.4. The Labute approximate surface area is 158 Å². The van der Waals surface area contributed by atoms with E-state index in [1.54, 1.807) is 31.4 Å². The maximum atomic E-state index is 14.2. The predicted octanol–water partition coefficient (Wildman–Crippen LogP) is 4.44. The molecule has 2 aromatic heterocycles. The van der Waals surface area contributed by atoms with Crippen LogP contribution in [0.15, 0.2) is 71.7 Å². The SMILES string of the molecule is COc1ccc(Oc2ccc3c(-c4c(F)cccc4F)c(=O)ccn3n2)cc1. The zero-order valence-electron chi connectivity index (χ0n) is 14.7. The summed E-state index contributed by atoms with van der Waals surface area (Å²) in [7, 11) is 1.57. The fourth-order valence-corrected chi connectivity index (χ4v) is 2.89. The number of benzene rings is 2. The molecule has 0 fully saturated rings. The van der Waals surface area contributed by atoms with Gasteiger partial charge < -0.3 is 9.47 Å². The van der Waals surface area contributed by atoms with Crippen LogP contribution >= 0.6 is 0 Å². The minimum atomic E-state index is -0.816. The first-order chi connectivity index (χ1) is 13.6. The summed E-state index contributed by atoms with van der Waals surface area (Å²) in [6, 6.07) is 14.7. The number of aromatic nitrogens is 2. The van der Waals surface area contributed by atoms with Crippen molar-refractivity contribution in [3.8, 4) is 28.5 Å². The van der Waals surface area contributed by atoms with Gasteiger partial charge in [-0.15, -0.1) is 5.10 Å². The Morgan fingerprint density at radius 3 is 2.21 bits per heavy atom. The molecule has 7 heteroatoms. The fourth-order valence-electron chi connectivity index (χ4n) is 2.89. The van der Waals surface area contributed by atoms with E-state index < -0.39 is 17.1 Å². The van der Waals surface area contributed by atoms with Gasteiger partial charge in [0.05, 0.1) is 23.8 Å². The highest BCUT2D eigenvalue weighted by atomic mass is 19.1. The summed E-state index contributed by atoms with van der Waals surface area (Å²) < 4.78 is 40.6. The lowest BCUT2D eigenvalue weighted by Crippen LogP contribution is -2.11. The van der Waals surface area contributed by atoms with Crippen LogP contribution in [0.25, 0.3) is 16.6 Å². The number of halogens is 2. The van der Waals surface area contributed by atoms with E-state index >= 15 is 0 Å². The van der Waals surface area contributed by atoms with E-state index in [0.29, 0.717) is 11.5 Å². The summed E-state index contributed by atoms with van der Waals surface area (Å²) in [6.45, 7) is 0. The first-order valence-electron chi connectivity index (χ1n) is 8.36. The summed E-state index contributed by atoms with van der Waals surface area (Å²) in [5, 5.41) is 4.28. The van der Waals surface area contributed by atoms with Gasteiger partial charge in [0.1, 0.15) is 23.1 Å². The molecule has 0 aliphatic carbocycles. The highest BCUT2D eigenvalue weighted by Gasteiger charge is 2.18. The van der Waals surface area contributed by atoms with Crippen LogP contribution in [0, 0.1) is 11.6 Å². The summed E-state index contributed by atoms with van der Waals surface area (Å²) in [5.74, 6) is -0.157. The van der Waals surface area contributed by atoms with Crippen LogP contribution in [0.1, 0.15) is 0 Å². The first kappa shape index (κ1) is 17.7. The van der Waals surface area contributed by atoms with E-state index in [1.165, 1.54) is 35.0 Å². The average molecular weight is 380 g/mol. The van der Waals surface area contributed by atoms with Crippen LogP contribution in [0.5, 0.6) is 17.4 Å². The lowest BCUT2D eigenvalue weighted by molar-refractivity contribution is 0.411. The van der Waals surface area contributed by atoms with Gasteiger partial charge in [-0.3, -0.25) is 4.79 Å². The lowest BCUT2D eigenvalue weighted by atomic mass is 10.0. The van der Waals surface area contributed by atoms with Crippen molar-refractivity contribution < 1.29 is 18.3 Å². The van der Waals surface area contributed by atoms with E-state index in [4.69, 9.17) is 9.47 Å². The molecule has 0 bridgehead atoms. The molecule has 28 heavy (non-hydrogen) atoms. The van der Waals surface area contributed by atoms with Crippen molar-refractivity contribution in [2.24, 2.45) is 0 Å². The molecule has 0 saturated heterocycles. The molecule has 0 amide bonds. The number of pyridine rings is 1. The highest BCUT2D eigenvalue weighted by Crippen LogP contribution is 2.28. The number of hydrogen-bond donors (Lipinski definition) is 0. The Morgan fingerprint density at radius 2 is 1.54 bits per heavy atom. The molecule has 2 heterocycles. The van der Waals surface area contributed by atoms with Gasteiger partial charge in [0.25, 0.3) is 0 Å². The third-order valence-corrected chi connectivity index (χ3v) is 4.20. The molecular weight excluding hydrogens is 366 g/mol. The Morgan fingerprint density at radius 1 is 0.857 bits per heavy atom. The van der Waals surface area contributed by atoms with E-state index in [-0.39, 0.29) is 22.5 Å². The molecule has 0 atom stereocenters. The molecule has 0 radical (unpaired) electrons. The second-order valence-corrected chi connectivity index (χ2v) is 5.93. The second-order valence-electron chi connectivity index (χ2n) is 5.93. The molecule has 0 N–H and O–H groups in total. The molecule has 0 spiro atoms. The van der Waals surface area contributed by atoms with Crippen molar-refractivity contribution in [3.05, 3.63) is 88.7 Å². The first-order valence-corrected chi connectivity index (χ1v) is 8.36.